The van der Waals surface area contributed by atoms with Crippen LogP contribution in [0.15, 0.2) is 9.21 Å². The molecule has 0 aliphatic heterocycles. The zero-order valence-corrected chi connectivity index (χ0v) is 8.03. The maximum absolute atomic E-state index is 10.7. The topological polar surface area (TPSA) is 58.9 Å². The first-order chi connectivity index (χ1) is 6.81. The van der Waals surface area contributed by atoms with Crippen molar-refractivity contribution in [1.29, 1.82) is 0 Å². The standard InChI is InChI=1S/C10H14N2O2/c13-10-12-11-9(14-10)5-8-4-6-1-2-7(8)3-6/h6-8H,1-5H2,(H,12,13). The summed E-state index contributed by atoms with van der Waals surface area (Å²) in [6.45, 7) is 0. The predicted octanol–water partition coefficient (Wildman–Crippen LogP) is 1.34. The minimum absolute atomic E-state index is 0.428. The molecule has 0 amide bonds. The summed E-state index contributed by atoms with van der Waals surface area (Å²) in [6.07, 6.45) is 6.32. The van der Waals surface area contributed by atoms with E-state index >= 15 is 0 Å². The van der Waals surface area contributed by atoms with Crippen LogP contribution in [0.1, 0.15) is 31.6 Å². The van der Waals surface area contributed by atoms with Gasteiger partial charge in [0.05, 0.1) is 0 Å². The fraction of sp³-hybridized carbons (Fsp3) is 0.800. The number of hydrogen-bond acceptors (Lipinski definition) is 3. The van der Waals surface area contributed by atoms with E-state index in [4.69, 9.17) is 4.42 Å². The smallest absolute Gasteiger partial charge is 0.392 e. The summed E-state index contributed by atoms with van der Waals surface area (Å²) in [5, 5.41) is 6.17. The number of nitrogens with one attached hydrogen (secondary N) is 1. The number of H-pyrrole nitrogens is 1. The molecule has 2 aliphatic rings. The Kier molecular flexibility index (Phi) is 1.75. The summed E-state index contributed by atoms with van der Waals surface area (Å²) in [7, 11) is 0. The van der Waals surface area contributed by atoms with Crippen molar-refractivity contribution in [3.63, 3.8) is 0 Å². The quantitative estimate of drug-likeness (QED) is 0.772. The van der Waals surface area contributed by atoms with Gasteiger partial charge in [0.1, 0.15) is 0 Å². The molecule has 2 bridgehead atoms. The highest BCUT2D eigenvalue weighted by atomic mass is 16.4. The van der Waals surface area contributed by atoms with Gasteiger partial charge in [0.25, 0.3) is 0 Å². The van der Waals surface area contributed by atoms with Crippen LogP contribution in [0.3, 0.4) is 0 Å². The van der Waals surface area contributed by atoms with E-state index in [0.29, 0.717) is 11.8 Å². The van der Waals surface area contributed by atoms with E-state index < -0.39 is 5.76 Å². The first-order valence-electron chi connectivity index (χ1n) is 5.35. The summed E-state index contributed by atoms with van der Waals surface area (Å²) in [5.41, 5.74) is 0. The third kappa shape index (κ3) is 1.29. The highest BCUT2D eigenvalue weighted by Crippen LogP contribution is 2.49. The Bertz CT molecular complexity index is 381. The largest absolute Gasteiger partial charge is 0.434 e. The molecule has 1 aromatic heterocycles. The molecular formula is C10H14N2O2. The molecule has 2 aliphatic carbocycles. The molecule has 4 heteroatoms. The van der Waals surface area contributed by atoms with Gasteiger partial charge >= 0.3 is 5.76 Å². The van der Waals surface area contributed by atoms with Gasteiger partial charge in [0.2, 0.25) is 5.89 Å². The fourth-order valence-corrected chi connectivity index (χ4v) is 3.20. The monoisotopic (exact) mass is 194 g/mol. The summed E-state index contributed by atoms with van der Waals surface area (Å²) >= 11 is 0. The number of aromatic amines is 1. The first kappa shape index (κ1) is 8.26. The van der Waals surface area contributed by atoms with E-state index in [2.05, 4.69) is 10.2 Å². The van der Waals surface area contributed by atoms with Crippen molar-refractivity contribution in [2.24, 2.45) is 17.8 Å². The maximum Gasteiger partial charge on any atom is 0.434 e. The van der Waals surface area contributed by atoms with Crippen molar-refractivity contribution >= 4 is 0 Å². The molecule has 1 aromatic rings. The minimum Gasteiger partial charge on any atom is -0.392 e. The Morgan fingerprint density at radius 2 is 2.36 bits per heavy atom. The zero-order valence-electron chi connectivity index (χ0n) is 8.03. The number of hydrogen-bond donors (Lipinski definition) is 1. The molecule has 14 heavy (non-hydrogen) atoms. The van der Waals surface area contributed by atoms with Crippen LogP contribution < -0.4 is 5.76 Å². The van der Waals surface area contributed by atoms with Gasteiger partial charge in [-0.25, -0.2) is 9.89 Å². The summed E-state index contributed by atoms with van der Waals surface area (Å²) in [6, 6.07) is 0. The van der Waals surface area contributed by atoms with Crippen LogP contribution >= 0.6 is 0 Å². The maximum atomic E-state index is 10.7. The highest BCUT2D eigenvalue weighted by Gasteiger charge is 2.39. The molecule has 0 aromatic carbocycles. The van der Waals surface area contributed by atoms with Crippen LogP contribution in [-0.4, -0.2) is 10.2 Å². The Morgan fingerprint density at radius 3 is 2.93 bits per heavy atom. The molecule has 2 fully saturated rings. The van der Waals surface area contributed by atoms with Crippen LogP contribution in [-0.2, 0) is 6.42 Å². The molecule has 1 N–H and O–H groups in total. The van der Waals surface area contributed by atoms with Crippen molar-refractivity contribution < 1.29 is 4.42 Å². The Balaban J connectivity index is 1.71. The average Bonchev–Trinajstić information content (AvgIpc) is 2.82. The zero-order chi connectivity index (χ0) is 9.54. The lowest BCUT2D eigenvalue weighted by atomic mass is 9.86. The summed E-state index contributed by atoms with van der Waals surface area (Å²) in [4.78, 5) is 10.7. The number of rotatable bonds is 2. The van der Waals surface area contributed by atoms with Crippen LogP contribution in [0, 0.1) is 17.8 Å². The first-order valence-corrected chi connectivity index (χ1v) is 5.35. The molecule has 76 valence electrons. The van der Waals surface area contributed by atoms with Gasteiger partial charge in [0, 0.05) is 6.42 Å². The van der Waals surface area contributed by atoms with Crippen molar-refractivity contribution in [2.45, 2.75) is 32.1 Å². The van der Waals surface area contributed by atoms with E-state index in [-0.39, 0.29) is 0 Å². The Labute approximate surface area is 81.7 Å². The number of aromatic nitrogens is 2. The number of fused-ring (bicyclic) bond motifs is 2. The van der Waals surface area contributed by atoms with E-state index in [1.165, 1.54) is 25.7 Å². The van der Waals surface area contributed by atoms with Crippen molar-refractivity contribution in [3.05, 3.63) is 16.4 Å². The lowest BCUT2D eigenvalue weighted by Gasteiger charge is -2.19. The fourth-order valence-electron chi connectivity index (χ4n) is 3.20. The van der Waals surface area contributed by atoms with Gasteiger partial charge in [-0.05, 0) is 37.0 Å². The van der Waals surface area contributed by atoms with Gasteiger partial charge < -0.3 is 4.42 Å². The van der Waals surface area contributed by atoms with Crippen LogP contribution in [0.5, 0.6) is 0 Å². The second kappa shape index (κ2) is 2.97. The lowest BCUT2D eigenvalue weighted by Crippen LogP contribution is -2.13. The van der Waals surface area contributed by atoms with E-state index in [1.54, 1.807) is 0 Å². The summed E-state index contributed by atoms with van der Waals surface area (Å²) in [5.74, 6) is 2.67. The molecule has 0 spiro atoms. The molecule has 0 saturated heterocycles. The van der Waals surface area contributed by atoms with Crippen molar-refractivity contribution in [1.82, 2.24) is 10.2 Å². The molecule has 3 atom stereocenters. The molecule has 4 nitrogen and oxygen atoms in total. The average molecular weight is 194 g/mol. The van der Waals surface area contributed by atoms with Crippen molar-refractivity contribution in [3.8, 4) is 0 Å². The summed E-state index contributed by atoms with van der Waals surface area (Å²) < 4.78 is 4.93. The van der Waals surface area contributed by atoms with Crippen LogP contribution in [0.4, 0.5) is 0 Å². The highest BCUT2D eigenvalue weighted by molar-refractivity contribution is 4.93. The second-order valence-corrected chi connectivity index (χ2v) is 4.65. The van der Waals surface area contributed by atoms with E-state index in [1.807, 2.05) is 0 Å². The number of nitrogens with zero attached hydrogens (tertiary/aromatic N) is 1. The minimum atomic E-state index is -0.428. The molecule has 0 radical (unpaired) electrons. The van der Waals surface area contributed by atoms with Crippen LogP contribution in [0.2, 0.25) is 0 Å². The Hall–Kier alpha value is -1.06. The molecule has 1 heterocycles. The molecular weight excluding hydrogens is 180 g/mol. The Morgan fingerprint density at radius 1 is 1.43 bits per heavy atom. The SMILES string of the molecule is O=c1[nH]nc(CC2CC3CCC2C3)o1. The second-order valence-electron chi connectivity index (χ2n) is 4.65. The van der Waals surface area contributed by atoms with E-state index in [0.717, 1.165) is 18.3 Å². The van der Waals surface area contributed by atoms with Gasteiger partial charge in [-0.3, -0.25) is 0 Å². The molecule has 3 unspecified atom stereocenters. The van der Waals surface area contributed by atoms with Crippen molar-refractivity contribution in [2.75, 3.05) is 0 Å². The van der Waals surface area contributed by atoms with E-state index in [9.17, 15) is 4.79 Å². The third-order valence-electron chi connectivity index (χ3n) is 3.80. The molecule has 2 saturated carbocycles. The van der Waals surface area contributed by atoms with Gasteiger partial charge in [0.15, 0.2) is 0 Å². The normalized spacial score (nSPS) is 35.3. The van der Waals surface area contributed by atoms with Crippen LogP contribution in [0.25, 0.3) is 0 Å². The lowest BCUT2D eigenvalue weighted by molar-refractivity contribution is 0.304. The van der Waals surface area contributed by atoms with Gasteiger partial charge in [-0.2, -0.15) is 0 Å². The van der Waals surface area contributed by atoms with Gasteiger partial charge in [-0.1, -0.05) is 6.42 Å². The van der Waals surface area contributed by atoms with Gasteiger partial charge in [-0.15, -0.1) is 5.10 Å². The molecule has 3 rings (SSSR count). The predicted molar refractivity (Wildman–Crippen MR) is 49.8 cm³/mol. The third-order valence-corrected chi connectivity index (χ3v) is 3.80.